The van der Waals surface area contributed by atoms with Crippen molar-refractivity contribution in [2.75, 3.05) is 0 Å². The van der Waals surface area contributed by atoms with Gasteiger partial charge in [0.2, 0.25) is 18.2 Å². The lowest BCUT2D eigenvalue weighted by molar-refractivity contribution is 0.104. The van der Waals surface area contributed by atoms with E-state index in [1.54, 1.807) is 24.3 Å². The highest BCUT2D eigenvalue weighted by Gasteiger charge is 2.44. The van der Waals surface area contributed by atoms with Gasteiger partial charge in [-0.15, -0.1) is 0 Å². The Morgan fingerprint density at radius 3 is 1.28 bits per heavy atom. The maximum absolute atomic E-state index is 14.4. The minimum atomic E-state index is -4.10. The van der Waals surface area contributed by atoms with E-state index < -0.39 is 18.2 Å². The third-order valence-electron chi connectivity index (χ3n) is 5.36. The molecule has 3 nitrogen and oxygen atoms in total. The molecule has 0 aliphatic heterocycles. The number of carbonyl (C=O) groups excluding carboxylic acids is 2. The normalized spacial score (nSPS) is 11.3. The first kappa shape index (κ1) is 21.0. The summed E-state index contributed by atoms with van der Waals surface area (Å²) in [5.74, 6) is 0. The van der Waals surface area contributed by atoms with E-state index in [4.69, 9.17) is 0 Å². The predicted molar refractivity (Wildman–Crippen MR) is 119 cm³/mol. The number of rotatable bonds is 5. The standard InChI is InChI=1S/C25H25O3P/c1-16-12-14-21(15-13-16)29(28,24(26)22-17(2)8-6-9-18(22)3)25(27)23-19(4)10-7-11-20(23)5/h6-15H,1-5H3. The fourth-order valence-corrected chi connectivity index (χ4v) is 6.26. The molecular formula is C25H25O3P. The van der Waals surface area contributed by atoms with Crippen molar-refractivity contribution in [1.29, 1.82) is 0 Å². The van der Waals surface area contributed by atoms with Crippen molar-refractivity contribution >= 4 is 23.5 Å². The summed E-state index contributed by atoms with van der Waals surface area (Å²) in [7, 11) is -4.10. The first-order chi connectivity index (χ1) is 13.7. The van der Waals surface area contributed by atoms with E-state index in [1.807, 2.05) is 71.0 Å². The zero-order valence-electron chi connectivity index (χ0n) is 17.4. The van der Waals surface area contributed by atoms with Crippen LogP contribution in [0, 0.1) is 34.6 Å². The molecule has 0 atom stereocenters. The number of benzene rings is 3. The molecule has 3 rings (SSSR count). The quantitative estimate of drug-likeness (QED) is 0.498. The number of carbonyl (C=O) groups is 2. The van der Waals surface area contributed by atoms with E-state index in [1.165, 1.54) is 0 Å². The first-order valence-electron chi connectivity index (χ1n) is 9.57. The van der Waals surface area contributed by atoms with Crippen LogP contribution in [0.25, 0.3) is 0 Å². The maximum Gasteiger partial charge on any atom is 0.248 e. The van der Waals surface area contributed by atoms with Crippen LogP contribution in [0.5, 0.6) is 0 Å². The van der Waals surface area contributed by atoms with Gasteiger partial charge in [0.05, 0.1) is 0 Å². The lowest BCUT2D eigenvalue weighted by Crippen LogP contribution is -2.23. The van der Waals surface area contributed by atoms with Crippen molar-refractivity contribution in [3.63, 3.8) is 0 Å². The average molecular weight is 404 g/mol. The number of aryl methyl sites for hydroxylation is 5. The Morgan fingerprint density at radius 2 is 0.931 bits per heavy atom. The van der Waals surface area contributed by atoms with E-state index in [0.29, 0.717) is 11.1 Å². The zero-order valence-corrected chi connectivity index (χ0v) is 18.3. The van der Waals surface area contributed by atoms with Crippen LogP contribution in [0.1, 0.15) is 48.5 Å². The summed E-state index contributed by atoms with van der Waals surface area (Å²) >= 11 is 0. The van der Waals surface area contributed by atoms with Crippen molar-refractivity contribution < 1.29 is 14.2 Å². The van der Waals surface area contributed by atoms with Gasteiger partial charge in [-0.3, -0.25) is 9.59 Å². The highest BCUT2D eigenvalue weighted by atomic mass is 31.2. The average Bonchev–Trinajstić information content (AvgIpc) is 2.67. The van der Waals surface area contributed by atoms with Crippen molar-refractivity contribution in [3.05, 3.63) is 99.6 Å². The van der Waals surface area contributed by atoms with Gasteiger partial charge in [0.1, 0.15) is 0 Å². The lowest BCUT2D eigenvalue weighted by Gasteiger charge is -2.21. The number of hydrogen-bond acceptors (Lipinski definition) is 3. The molecule has 0 aromatic heterocycles. The third kappa shape index (κ3) is 3.63. The fourth-order valence-electron chi connectivity index (χ4n) is 3.70. The Bertz CT molecular complexity index is 1050. The van der Waals surface area contributed by atoms with Crippen LogP contribution in [0.2, 0.25) is 0 Å². The van der Waals surface area contributed by atoms with Gasteiger partial charge in [0, 0.05) is 16.4 Å². The van der Waals surface area contributed by atoms with Crippen LogP contribution in [0.15, 0.2) is 60.7 Å². The molecular weight excluding hydrogens is 379 g/mol. The summed E-state index contributed by atoms with van der Waals surface area (Å²) in [6.45, 7) is 9.15. The Balaban J connectivity index is 2.31. The molecule has 0 heterocycles. The van der Waals surface area contributed by atoms with Crippen molar-refractivity contribution in [2.24, 2.45) is 0 Å². The van der Waals surface area contributed by atoms with Crippen LogP contribution in [0.4, 0.5) is 0 Å². The van der Waals surface area contributed by atoms with E-state index >= 15 is 0 Å². The monoisotopic (exact) mass is 404 g/mol. The lowest BCUT2D eigenvalue weighted by atomic mass is 10.0. The van der Waals surface area contributed by atoms with E-state index in [-0.39, 0.29) is 5.30 Å². The van der Waals surface area contributed by atoms with Gasteiger partial charge < -0.3 is 4.57 Å². The highest BCUT2D eigenvalue weighted by molar-refractivity contribution is 8.01. The van der Waals surface area contributed by atoms with Gasteiger partial charge >= 0.3 is 0 Å². The smallest absolute Gasteiger partial charge is 0.248 e. The molecule has 0 unspecified atom stereocenters. The molecule has 0 fully saturated rings. The van der Waals surface area contributed by atoms with E-state index in [9.17, 15) is 14.2 Å². The zero-order chi connectivity index (χ0) is 21.3. The van der Waals surface area contributed by atoms with Crippen molar-refractivity contribution in [2.45, 2.75) is 34.6 Å². The minimum Gasteiger partial charge on any atom is -0.302 e. The largest absolute Gasteiger partial charge is 0.302 e. The Kier molecular flexibility index (Phi) is 5.73. The topological polar surface area (TPSA) is 51.2 Å². The highest BCUT2D eigenvalue weighted by Crippen LogP contribution is 2.52. The Hall–Kier alpha value is -2.77. The molecule has 3 aromatic carbocycles. The van der Waals surface area contributed by atoms with Gasteiger partial charge in [-0.2, -0.15) is 0 Å². The minimum absolute atomic E-state index is 0.281. The van der Waals surface area contributed by atoms with Crippen LogP contribution < -0.4 is 5.30 Å². The van der Waals surface area contributed by atoms with Gasteiger partial charge in [-0.05, 0) is 56.9 Å². The molecule has 4 heteroatoms. The SMILES string of the molecule is Cc1ccc(P(=O)(C(=O)c2c(C)cccc2C)C(=O)c2c(C)cccc2C)cc1. The van der Waals surface area contributed by atoms with Crippen LogP contribution in [-0.4, -0.2) is 11.0 Å². The number of hydrogen-bond donors (Lipinski definition) is 0. The second-order valence-corrected chi connectivity index (χ2v) is 10.1. The van der Waals surface area contributed by atoms with Crippen molar-refractivity contribution in [3.8, 4) is 0 Å². The van der Waals surface area contributed by atoms with Gasteiger partial charge in [-0.25, -0.2) is 0 Å². The molecule has 148 valence electrons. The second-order valence-electron chi connectivity index (χ2n) is 7.59. The molecule has 0 N–H and O–H groups in total. The van der Waals surface area contributed by atoms with E-state index in [2.05, 4.69) is 0 Å². The molecule has 0 aliphatic carbocycles. The van der Waals surface area contributed by atoms with Crippen LogP contribution in [0.3, 0.4) is 0 Å². The fraction of sp³-hybridized carbons (Fsp3) is 0.200. The summed E-state index contributed by atoms with van der Waals surface area (Å²) < 4.78 is 14.4. The third-order valence-corrected chi connectivity index (χ3v) is 7.98. The summed E-state index contributed by atoms with van der Waals surface area (Å²) in [6.07, 6.45) is 0. The second kappa shape index (κ2) is 7.93. The summed E-state index contributed by atoms with van der Waals surface area (Å²) in [6, 6.07) is 17.8. The summed E-state index contributed by atoms with van der Waals surface area (Å²) in [4.78, 5) is 27.5. The molecule has 0 saturated carbocycles. The predicted octanol–water partition coefficient (Wildman–Crippen LogP) is 5.90. The van der Waals surface area contributed by atoms with Crippen LogP contribution >= 0.6 is 7.14 Å². The van der Waals surface area contributed by atoms with E-state index in [0.717, 1.165) is 27.8 Å². The molecule has 0 spiro atoms. The molecule has 0 bridgehead atoms. The molecule has 0 amide bonds. The maximum atomic E-state index is 14.4. The first-order valence-corrected chi connectivity index (χ1v) is 11.3. The van der Waals surface area contributed by atoms with Gasteiger partial charge in [0.15, 0.2) is 0 Å². The molecule has 0 radical (unpaired) electrons. The Labute approximate surface area is 172 Å². The molecule has 0 aliphatic rings. The summed E-state index contributed by atoms with van der Waals surface area (Å²) in [5, 5.41) is 0.281. The van der Waals surface area contributed by atoms with Gasteiger partial charge in [0.25, 0.3) is 0 Å². The molecule has 29 heavy (non-hydrogen) atoms. The summed E-state index contributed by atoms with van der Waals surface area (Å²) in [5.41, 5.74) is 3.40. The van der Waals surface area contributed by atoms with Crippen molar-refractivity contribution in [1.82, 2.24) is 0 Å². The van der Waals surface area contributed by atoms with Gasteiger partial charge in [-0.1, -0.05) is 66.2 Å². The molecule has 3 aromatic rings. The van der Waals surface area contributed by atoms with Crippen LogP contribution in [-0.2, 0) is 4.57 Å². The Morgan fingerprint density at radius 1 is 0.586 bits per heavy atom. The molecule has 0 saturated heterocycles.